The Balaban J connectivity index is 2.56. The minimum Gasteiger partial charge on any atom is -0.368 e. The summed E-state index contributed by atoms with van der Waals surface area (Å²) in [5.74, 6) is 0. The number of nitrogens with zero attached hydrogens (tertiary/aromatic N) is 2. The highest BCUT2D eigenvalue weighted by Crippen LogP contribution is 2.30. The molecule has 82 valence electrons. The standard InChI is InChI=1S/C11H22N2O/c1-4-10(2,3)12-13-11(14)8-6-5-7-9-11/h14H,4-9H2,1-3H3. The molecule has 0 radical (unpaired) electrons. The van der Waals surface area contributed by atoms with Gasteiger partial charge < -0.3 is 5.11 Å². The first kappa shape index (κ1) is 11.6. The van der Waals surface area contributed by atoms with E-state index >= 15 is 0 Å². The predicted molar refractivity (Wildman–Crippen MR) is 57.3 cm³/mol. The lowest BCUT2D eigenvalue weighted by molar-refractivity contribution is 0.00301. The van der Waals surface area contributed by atoms with Crippen LogP contribution in [0.4, 0.5) is 0 Å². The third-order valence-corrected chi connectivity index (χ3v) is 3.03. The van der Waals surface area contributed by atoms with Crippen molar-refractivity contribution in [3.8, 4) is 0 Å². The molecule has 1 aliphatic carbocycles. The van der Waals surface area contributed by atoms with Crippen LogP contribution in [0.3, 0.4) is 0 Å². The van der Waals surface area contributed by atoms with Crippen molar-refractivity contribution >= 4 is 0 Å². The average molecular weight is 198 g/mol. The maximum absolute atomic E-state index is 10.1. The van der Waals surface area contributed by atoms with Crippen LogP contribution in [0.1, 0.15) is 59.3 Å². The van der Waals surface area contributed by atoms with Gasteiger partial charge in [-0.15, -0.1) is 0 Å². The SMILES string of the molecule is CCC(C)(C)N=NC1(O)CCCCC1. The highest BCUT2D eigenvalue weighted by molar-refractivity contribution is 4.81. The molecule has 1 aliphatic rings. The zero-order valence-electron chi connectivity index (χ0n) is 9.58. The summed E-state index contributed by atoms with van der Waals surface area (Å²) >= 11 is 0. The fourth-order valence-corrected chi connectivity index (χ4v) is 1.52. The number of hydrogen-bond donors (Lipinski definition) is 1. The van der Waals surface area contributed by atoms with Gasteiger partial charge in [0.15, 0.2) is 5.72 Å². The lowest BCUT2D eigenvalue weighted by Gasteiger charge is -2.28. The first-order chi connectivity index (χ1) is 6.47. The van der Waals surface area contributed by atoms with E-state index in [0.29, 0.717) is 0 Å². The number of hydrogen-bond acceptors (Lipinski definition) is 3. The molecular weight excluding hydrogens is 176 g/mol. The molecule has 0 unspecified atom stereocenters. The lowest BCUT2D eigenvalue weighted by atomic mass is 9.92. The van der Waals surface area contributed by atoms with Gasteiger partial charge in [0, 0.05) is 0 Å². The van der Waals surface area contributed by atoms with Crippen LogP contribution in [0.25, 0.3) is 0 Å². The summed E-state index contributed by atoms with van der Waals surface area (Å²) in [4.78, 5) is 0. The molecule has 1 N–H and O–H groups in total. The summed E-state index contributed by atoms with van der Waals surface area (Å²) in [7, 11) is 0. The molecule has 0 bridgehead atoms. The molecule has 3 heteroatoms. The monoisotopic (exact) mass is 198 g/mol. The quantitative estimate of drug-likeness (QED) is 0.695. The van der Waals surface area contributed by atoms with Crippen LogP contribution in [0, 0.1) is 0 Å². The summed E-state index contributed by atoms with van der Waals surface area (Å²) in [5, 5.41) is 18.5. The van der Waals surface area contributed by atoms with Crippen molar-refractivity contribution in [1.82, 2.24) is 0 Å². The van der Waals surface area contributed by atoms with Gasteiger partial charge in [0.25, 0.3) is 0 Å². The summed E-state index contributed by atoms with van der Waals surface area (Å²) in [6, 6.07) is 0. The van der Waals surface area contributed by atoms with E-state index in [1.807, 2.05) is 13.8 Å². The van der Waals surface area contributed by atoms with E-state index in [0.717, 1.165) is 32.1 Å². The van der Waals surface area contributed by atoms with Crippen LogP contribution in [-0.2, 0) is 0 Å². The van der Waals surface area contributed by atoms with Gasteiger partial charge in [-0.1, -0.05) is 13.3 Å². The molecule has 0 atom stereocenters. The summed E-state index contributed by atoms with van der Waals surface area (Å²) in [6.07, 6.45) is 5.86. The predicted octanol–water partition coefficient (Wildman–Crippen LogP) is 3.28. The molecule has 0 heterocycles. The van der Waals surface area contributed by atoms with Gasteiger partial charge in [-0.3, -0.25) is 0 Å². The summed E-state index contributed by atoms with van der Waals surface area (Å²) < 4.78 is 0. The van der Waals surface area contributed by atoms with Crippen molar-refractivity contribution in [2.24, 2.45) is 10.2 Å². The second-order valence-corrected chi connectivity index (χ2v) is 4.91. The second kappa shape index (κ2) is 4.39. The third-order valence-electron chi connectivity index (χ3n) is 3.03. The molecule has 0 amide bonds. The molecule has 14 heavy (non-hydrogen) atoms. The zero-order chi connectivity index (χ0) is 10.7. The molecule has 0 saturated heterocycles. The van der Waals surface area contributed by atoms with Crippen LogP contribution < -0.4 is 0 Å². The Labute approximate surface area is 86.6 Å². The Kier molecular flexibility index (Phi) is 3.65. The first-order valence-electron chi connectivity index (χ1n) is 5.64. The van der Waals surface area contributed by atoms with Gasteiger partial charge in [-0.2, -0.15) is 10.2 Å². The summed E-state index contributed by atoms with van der Waals surface area (Å²) in [5.41, 5.74) is -0.988. The van der Waals surface area contributed by atoms with Crippen LogP contribution >= 0.6 is 0 Å². The molecule has 0 aromatic heterocycles. The van der Waals surface area contributed by atoms with Crippen LogP contribution in [0.2, 0.25) is 0 Å². The molecule has 0 aliphatic heterocycles. The molecule has 3 nitrogen and oxygen atoms in total. The van der Waals surface area contributed by atoms with E-state index in [1.165, 1.54) is 6.42 Å². The van der Waals surface area contributed by atoms with Gasteiger partial charge >= 0.3 is 0 Å². The highest BCUT2D eigenvalue weighted by atomic mass is 16.3. The Bertz CT molecular complexity index is 205. The Hall–Kier alpha value is -0.440. The van der Waals surface area contributed by atoms with Crippen LogP contribution in [0.5, 0.6) is 0 Å². The van der Waals surface area contributed by atoms with Gasteiger partial charge in [-0.05, 0) is 46.0 Å². The fraction of sp³-hybridized carbons (Fsp3) is 1.00. The highest BCUT2D eigenvalue weighted by Gasteiger charge is 2.29. The molecule has 1 rings (SSSR count). The van der Waals surface area contributed by atoms with E-state index in [1.54, 1.807) is 0 Å². The van der Waals surface area contributed by atoms with E-state index in [2.05, 4.69) is 17.2 Å². The van der Waals surface area contributed by atoms with E-state index < -0.39 is 5.72 Å². The fourth-order valence-electron chi connectivity index (χ4n) is 1.52. The normalized spacial score (nSPS) is 22.9. The number of aliphatic hydroxyl groups is 1. The van der Waals surface area contributed by atoms with Crippen LogP contribution in [-0.4, -0.2) is 16.4 Å². The maximum Gasteiger partial charge on any atom is 0.176 e. The maximum atomic E-state index is 10.1. The first-order valence-corrected chi connectivity index (χ1v) is 5.64. The second-order valence-electron chi connectivity index (χ2n) is 4.91. The average Bonchev–Trinajstić information content (AvgIpc) is 2.17. The van der Waals surface area contributed by atoms with Crippen molar-refractivity contribution in [3.05, 3.63) is 0 Å². The molecule has 0 aromatic rings. The minimum absolute atomic E-state index is 0.132. The van der Waals surface area contributed by atoms with E-state index in [9.17, 15) is 5.11 Å². The van der Waals surface area contributed by atoms with Crippen molar-refractivity contribution in [1.29, 1.82) is 0 Å². The van der Waals surface area contributed by atoms with Crippen molar-refractivity contribution in [3.63, 3.8) is 0 Å². The van der Waals surface area contributed by atoms with Gasteiger partial charge in [0.1, 0.15) is 0 Å². The van der Waals surface area contributed by atoms with Gasteiger partial charge in [0.2, 0.25) is 0 Å². The minimum atomic E-state index is -0.856. The van der Waals surface area contributed by atoms with Crippen molar-refractivity contribution in [2.45, 2.75) is 70.6 Å². The smallest absolute Gasteiger partial charge is 0.176 e. The number of rotatable bonds is 3. The Morgan fingerprint density at radius 2 is 1.79 bits per heavy atom. The zero-order valence-corrected chi connectivity index (χ0v) is 9.58. The molecule has 1 fully saturated rings. The van der Waals surface area contributed by atoms with Gasteiger partial charge in [-0.25, -0.2) is 0 Å². The molecule has 0 aromatic carbocycles. The largest absolute Gasteiger partial charge is 0.368 e. The van der Waals surface area contributed by atoms with Gasteiger partial charge in [0.05, 0.1) is 5.54 Å². The molecule has 0 spiro atoms. The number of azo groups is 1. The lowest BCUT2D eigenvalue weighted by Crippen LogP contribution is -2.29. The van der Waals surface area contributed by atoms with Crippen molar-refractivity contribution < 1.29 is 5.11 Å². The Morgan fingerprint density at radius 3 is 2.29 bits per heavy atom. The molecule has 1 saturated carbocycles. The van der Waals surface area contributed by atoms with Crippen molar-refractivity contribution in [2.75, 3.05) is 0 Å². The topological polar surface area (TPSA) is 45.0 Å². The molecular formula is C11H22N2O. The van der Waals surface area contributed by atoms with Crippen LogP contribution in [0.15, 0.2) is 10.2 Å². The van der Waals surface area contributed by atoms with E-state index in [-0.39, 0.29) is 5.54 Å². The summed E-state index contributed by atoms with van der Waals surface area (Å²) in [6.45, 7) is 6.18. The Morgan fingerprint density at radius 1 is 1.21 bits per heavy atom. The third kappa shape index (κ3) is 3.37. The van der Waals surface area contributed by atoms with E-state index in [4.69, 9.17) is 0 Å².